The fraction of sp³-hybridized carbons (Fsp3) is 0.154. The van der Waals surface area contributed by atoms with Gasteiger partial charge in [0.25, 0.3) is 5.56 Å². The molecule has 0 aliphatic carbocycles. The summed E-state index contributed by atoms with van der Waals surface area (Å²) in [5.74, 6) is -0.426. The number of hydrogen-bond donors (Lipinski definition) is 0. The quantitative estimate of drug-likeness (QED) is 0.727. The number of rotatable bonds is 2. The Kier molecular flexibility index (Phi) is 4.07. The molecule has 0 saturated carbocycles. The van der Waals surface area contributed by atoms with Crippen LogP contribution < -0.4 is 5.56 Å². The van der Waals surface area contributed by atoms with Gasteiger partial charge in [-0.2, -0.15) is 0 Å². The van der Waals surface area contributed by atoms with E-state index in [4.69, 9.17) is 11.6 Å². The minimum atomic E-state index is -0.426. The minimum Gasteiger partial charge on any atom is -0.308 e. The van der Waals surface area contributed by atoms with Gasteiger partial charge in [-0.05, 0) is 59.8 Å². The number of aromatic nitrogens is 1. The lowest BCUT2D eigenvalue weighted by Gasteiger charge is -2.12. The van der Waals surface area contributed by atoms with E-state index in [1.165, 1.54) is 6.07 Å². The molecule has 1 aromatic heterocycles. The highest BCUT2D eigenvalue weighted by atomic mass is 127. The smallest absolute Gasteiger partial charge is 0.264 e. The number of pyridine rings is 1. The molecule has 0 N–H and O–H groups in total. The van der Waals surface area contributed by atoms with Gasteiger partial charge >= 0.3 is 0 Å². The van der Waals surface area contributed by atoms with E-state index < -0.39 is 5.82 Å². The second-order valence-corrected chi connectivity index (χ2v) is 5.34. The largest absolute Gasteiger partial charge is 0.308 e. The van der Waals surface area contributed by atoms with E-state index in [1.54, 1.807) is 28.8 Å². The van der Waals surface area contributed by atoms with E-state index in [0.29, 0.717) is 26.4 Å². The van der Waals surface area contributed by atoms with Crippen LogP contribution in [0.3, 0.4) is 0 Å². The van der Waals surface area contributed by atoms with E-state index in [-0.39, 0.29) is 5.56 Å². The van der Waals surface area contributed by atoms with Gasteiger partial charge in [0.15, 0.2) is 0 Å². The van der Waals surface area contributed by atoms with Crippen molar-refractivity contribution in [2.75, 3.05) is 0 Å². The molecular weight excluding hydrogens is 368 g/mol. The van der Waals surface area contributed by atoms with E-state index in [2.05, 4.69) is 0 Å². The number of nitrogens with zero attached hydrogens (tertiary/aromatic N) is 1. The van der Waals surface area contributed by atoms with Crippen molar-refractivity contribution in [1.29, 1.82) is 0 Å². The first kappa shape index (κ1) is 13.5. The van der Waals surface area contributed by atoms with Crippen molar-refractivity contribution in [3.05, 3.63) is 55.1 Å². The van der Waals surface area contributed by atoms with Crippen molar-refractivity contribution in [2.24, 2.45) is 0 Å². The van der Waals surface area contributed by atoms with Gasteiger partial charge < -0.3 is 4.57 Å². The summed E-state index contributed by atoms with van der Waals surface area (Å²) in [6, 6.07) is 7.89. The maximum absolute atomic E-state index is 13.9. The topological polar surface area (TPSA) is 22.0 Å². The van der Waals surface area contributed by atoms with Crippen molar-refractivity contribution >= 4 is 34.2 Å². The Bertz CT molecular complexity index is 654. The first-order valence-electron chi connectivity index (χ1n) is 5.39. The van der Waals surface area contributed by atoms with Crippen LogP contribution in [0.25, 0.3) is 11.3 Å². The highest BCUT2D eigenvalue weighted by molar-refractivity contribution is 14.1. The highest BCUT2D eigenvalue weighted by Crippen LogP contribution is 2.24. The van der Waals surface area contributed by atoms with Crippen LogP contribution in [-0.2, 0) is 6.54 Å². The number of halogens is 3. The van der Waals surface area contributed by atoms with Crippen LogP contribution in [0.15, 0.2) is 35.1 Å². The van der Waals surface area contributed by atoms with Crippen LogP contribution in [0.5, 0.6) is 0 Å². The molecule has 0 atom stereocenters. The van der Waals surface area contributed by atoms with Gasteiger partial charge in [-0.3, -0.25) is 4.79 Å². The van der Waals surface area contributed by atoms with Crippen molar-refractivity contribution in [3.63, 3.8) is 0 Å². The molecule has 0 amide bonds. The molecule has 0 saturated heterocycles. The maximum Gasteiger partial charge on any atom is 0.264 e. The lowest BCUT2D eigenvalue weighted by Crippen LogP contribution is -2.23. The minimum absolute atomic E-state index is 0.107. The Hall–Kier alpha value is -0.880. The molecule has 0 unspecified atom stereocenters. The summed E-state index contributed by atoms with van der Waals surface area (Å²) >= 11 is 7.70. The van der Waals surface area contributed by atoms with Crippen LogP contribution >= 0.6 is 34.2 Å². The van der Waals surface area contributed by atoms with Crippen LogP contribution in [0.2, 0.25) is 5.02 Å². The Balaban J connectivity index is 2.71. The summed E-state index contributed by atoms with van der Waals surface area (Å²) in [7, 11) is 0. The summed E-state index contributed by atoms with van der Waals surface area (Å²) in [4.78, 5) is 12.0. The zero-order chi connectivity index (χ0) is 13.3. The first-order valence-corrected chi connectivity index (χ1v) is 6.85. The SMILES string of the molecule is CCn1c(-c2ccc(Cl)cc2F)ccc(I)c1=O. The summed E-state index contributed by atoms with van der Waals surface area (Å²) < 4.78 is 16.1. The Labute approximate surface area is 123 Å². The fourth-order valence-corrected chi connectivity index (χ4v) is 2.43. The second-order valence-electron chi connectivity index (χ2n) is 3.74. The second kappa shape index (κ2) is 5.40. The molecule has 0 fully saturated rings. The van der Waals surface area contributed by atoms with Gasteiger partial charge in [0.05, 0.1) is 9.26 Å². The molecule has 2 aromatic rings. The van der Waals surface area contributed by atoms with Crippen molar-refractivity contribution in [3.8, 4) is 11.3 Å². The van der Waals surface area contributed by atoms with E-state index >= 15 is 0 Å². The molecule has 1 aromatic carbocycles. The summed E-state index contributed by atoms with van der Waals surface area (Å²) in [5, 5.41) is 0.340. The van der Waals surface area contributed by atoms with Gasteiger partial charge in [0.2, 0.25) is 0 Å². The van der Waals surface area contributed by atoms with Gasteiger partial charge in [-0.1, -0.05) is 11.6 Å². The number of hydrogen-bond acceptors (Lipinski definition) is 1. The summed E-state index contributed by atoms with van der Waals surface area (Å²) in [6.45, 7) is 2.35. The van der Waals surface area contributed by atoms with Crippen molar-refractivity contribution in [1.82, 2.24) is 4.57 Å². The van der Waals surface area contributed by atoms with Crippen LogP contribution in [-0.4, -0.2) is 4.57 Å². The molecule has 0 aliphatic rings. The van der Waals surface area contributed by atoms with E-state index in [0.717, 1.165) is 0 Å². The molecule has 0 spiro atoms. The molecule has 0 bridgehead atoms. The third kappa shape index (κ3) is 2.44. The Morgan fingerprint density at radius 3 is 2.67 bits per heavy atom. The van der Waals surface area contributed by atoms with Crippen LogP contribution in [0.4, 0.5) is 4.39 Å². The normalized spacial score (nSPS) is 10.7. The molecular formula is C13H10ClFINO. The zero-order valence-corrected chi connectivity index (χ0v) is 12.5. The maximum atomic E-state index is 13.9. The van der Waals surface area contributed by atoms with Crippen molar-refractivity contribution < 1.29 is 4.39 Å². The molecule has 0 aliphatic heterocycles. The lowest BCUT2D eigenvalue weighted by atomic mass is 10.1. The standard InChI is InChI=1S/C13H10ClFINO/c1-2-17-12(6-5-11(16)13(17)18)9-4-3-8(14)7-10(9)15/h3-7H,2H2,1H3. The van der Waals surface area contributed by atoms with Crippen LogP contribution in [0, 0.1) is 9.39 Å². The lowest BCUT2D eigenvalue weighted by molar-refractivity contribution is 0.626. The van der Waals surface area contributed by atoms with E-state index in [9.17, 15) is 9.18 Å². The van der Waals surface area contributed by atoms with Crippen molar-refractivity contribution in [2.45, 2.75) is 13.5 Å². The molecule has 0 radical (unpaired) electrons. The number of benzene rings is 1. The zero-order valence-electron chi connectivity index (χ0n) is 9.58. The molecule has 5 heteroatoms. The monoisotopic (exact) mass is 377 g/mol. The molecule has 94 valence electrons. The third-order valence-electron chi connectivity index (χ3n) is 2.65. The van der Waals surface area contributed by atoms with Crippen LogP contribution in [0.1, 0.15) is 6.92 Å². The highest BCUT2D eigenvalue weighted by Gasteiger charge is 2.11. The average Bonchev–Trinajstić information content (AvgIpc) is 2.33. The van der Waals surface area contributed by atoms with E-state index in [1.807, 2.05) is 29.5 Å². The van der Waals surface area contributed by atoms with Gasteiger partial charge in [-0.25, -0.2) is 4.39 Å². The van der Waals surface area contributed by atoms with Gasteiger partial charge in [0, 0.05) is 17.1 Å². The van der Waals surface area contributed by atoms with Gasteiger partial charge in [-0.15, -0.1) is 0 Å². The van der Waals surface area contributed by atoms with Gasteiger partial charge in [0.1, 0.15) is 5.82 Å². The molecule has 2 nitrogen and oxygen atoms in total. The third-order valence-corrected chi connectivity index (χ3v) is 3.71. The fourth-order valence-electron chi connectivity index (χ4n) is 1.80. The summed E-state index contributed by atoms with van der Waals surface area (Å²) in [5.41, 5.74) is 0.844. The Morgan fingerprint density at radius 2 is 2.06 bits per heavy atom. The average molecular weight is 378 g/mol. The Morgan fingerprint density at radius 1 is 1.33 bits per heavy atom. The molecule has 1 heterocycles. The molecule has 18 heavy (non-hydrogen) atoms. The predicted octanol–water partition coefficient (Wildman–Crippen LogP) is 3.93. The predicted molar refractivity (Wildman–Crippen MR) is 79.5 cm³/mol. The molecule has 2 rings (SSSR count). The first-order chi connectivity index (χ1) is 8.54. The summed E-state index contributed by atoms with van der Waals surface area (Å²) in [6.07, 6.45) is 0.